The SMILES string of the molecule is O=S(=O)(O)c1cc(P(c2ccc(Cl)cc2)c2ccc(Cl)cc2)ccc1Cl. The van der Waals surface area contributed by atoms with Crippen LogP contribution in [0.1, 0.15) is 0 Å². The Morgan fingerprint density at radius 3 is 1.54 bits per heavy atom. The van der Waals surface area contributed by atoms with Crippen molar-refractivity contribution in [3.05, 3.63) is 81.8 Å². The van der Waals surface area contributed by atoms with E-state index in [0.29, 0.717) is 10.0 Å². The van der Waals surface area contributed by atoms with Gasteiger partial charge >= 0.3 is 0 Å². The third-order valence-corrected chi connectivity index (χ3v) is 7.88. The second-order valence-electron chi connectivity index (χ2n) is 5.38. The molecule has 26 heavy (non-hydrogen) atoms. The van der Waals surface area contributed by atoms with Gasteiger partial charge in [0.25, 0.3) is 10.1 Å². The average molecular weight is 446 g/mol. The minimum absolute atomic E-state index is 0.0292. The molecule has 0 bridgehead atoms. The van der Waals surface area contributed by atoms with Crippen molar-refractivity contribution in [3.63, 3.8) is 0 Å². The third-order valence-electron chi connectivity index (χ3n) is 3.62. The summed E-state index contributed by atoms with van der Waals surface area (Å²) in [6.07, 6.45) is 0. The molecule has 0 unspecified atom stereocenters. The molecule has 0 heterocycles. The molecule has 134 valence electrons. The molecule has 0 fully saturated rings. The minimum Gasteiger partial charge on any atom is -0.282 e. The van der Waals surface area contributed by atoms with Gasteiger partial charge in [0.15, 0.2) is 0 Å². The zero-order valence-corrected chi connectivity index (χ0v) is 17.1. The van der Waals surface area contributed by atoms with Crippen molar-refractivity contribution in [2.45, 2.75) is 4.90 Å². The first-order valence-electron chi connectivity index (χ1n) is 7.34. The Bertz CT molecular complexity index is 991. The molecule has 0 aliphatic carbocycles. The van der Waals surface area contributed by atoms with Gasteiger partial charge in [-0.3, -0.25) is 4.55 Å². The van der Waals surface area contributed by atoms with E-state index in [1.54, 1.807) is 30.3 Å². The summed E-state index contributed by atoms with van der Waals surface area (Å²) in [6.45, 7) is 0. The van der Waals surface area contributed by atoms with Crippen molar-refractivity contribution in [1.82, 2.24) is 0 Å². The smallest absolute Gasteiger partial charge is 0.282 e. The van der Waals surface area contributed by atoms with Gasteiger partial charge in [0.1, 0.15) is 4.90 Å². The lowest BCUT2D eigenvalue weighted by Gasteiger charge is -2.20. The van der Waals surface area contributed by atoms with Crippen LogP contribution in [-0.4, -0.2) is 13.0 Å². The molecule has 0 spiro atoms. The topological polar surface area (TPSA) is 54.4 Å². The van der Waals surface area contributed by atoms with E-state index in [2.05, 4.69) is 0 Å². The molecule has 0 amide bonds. The molecule has 1 N–H and O–H groups in total. The van der Waals surface area contributed by atoms with Crippen LogP contribution < -0.4 is 15.9 Å². The van der Waals surface area contributed by atoms with Crippen molar-refractivity contribution in [2.75, 3.05) is 0 Å². The molecule has 0 radical (unpaired) electrons. The highest BCUT2D eigenvalue weighted by atomic mass is 35.5. The highest BCUT2D eigenvalue weighted by Gasteiger charge is 2.21. The molecule has 0 aromatic heterocycles. The maximum absolute atomic E-state index is 11.6. The van der Waals surface area contributed by atoms with E-state index >= 15 is 0 Å². The lowest BCUT2D eigenvalue weighted by Crippen LogP contribution is -2.21. The number of benzene rings is 3. The van der Waals surface area contributed by atoms with Crippen LogP contribution in [0.5, 0.6) is 0 Å². The van der Waals surface area contributed by atoms with E-state index in [4.69, 9.17) is 34.8 Å². The second-order valence-corrected chi connectivity index (χ2v) is 10.3. The normalized spacial score (nSPS) is 11.7. The molecule has 0 atom stereocenters. The maximum atomic E-state index is 11.6. The molecule has 3 aromatic rings. The molecular formula is C18H12Cl3O3PS. The summed E-state index contributed by atoms with van der Waals surface area (Å²) in [4.78, 5) is -0.313. The standard InChI is InChI=1S/C18H12Cl3O3PS/c19-12-1-5-14(6-2-12)25(15-7-3-13(20)4-8-15)16-9-10-17(21)18(11-16)26(22,23)24/h1-11H,(H,22,23,24). The molecule has 0 aliphatic heterocycles. The molecule has 0 aliphatic rings. The highest BCUT2D eigenvalue weighted by Crippen LogP contribution is 2.35. The van der Waals surface area contributed by atoms with E-state index in [1.807, 2.05) is 24.3 Å². The first-order chi connectivity index (χ1) is 12.3. The summed E-state index contributed by atoms with van der Waals surface area (Å²) < 4.78 is 32.7. The minimum atomic E-state index is -4.43. The van der Waals surface area contributed by atoms with E-state index in [-0.39, 0.29) is 9.92 Å². The summed E-state index contributed by atoms with van der Waals surface area (Å²) in [5.41, 5.74) is 0. The molecule has 3 nitrogen and oxygen atoms in total. The van der Waals surface area contributed by atoms with Crippen molar-refractivity contribution in [3.8, 4) is 0 Å². The van der Waals surface area contributed by atoms with Gasteiger partial charge in [-0.2, -0.15) is 8.42 Å². The average Bonchev–Trinajstić information content (AvgIpc) is 2.59. The van der Waals surface area contributed by atoms with Crippen molar-refractivity contribution < 1.29 is 13.0 Å². The molecule has 0 saturated carbocycles. The number of rotatable bonds is 4. The summed E-state index contributed by atoms with van der Waals surface area (Å²) >= 11 is 17.9. The summed E-state index contributed by atoms with van der Waals surface area (Å²) in [5.74, 6) is 0. The number of hydrogen-bond acceptors (Lipinski definition) is 2. The van der Waals surface area contributed by atoms with Gasteiger partial charge in [-0.15, -0.1) is 0 Å². The summed E-state index contributed by atoms with van der Waals surface area (Å²) in [5, 5.41) is 3.84. The Morgan fingerprint density at radius 2 is 1.12 bits per heavy atom. The van der Waals surface area contributed by atoms with Gasteiger partial charge in [-0.1, -0.05) is 65.1 Å². The van der Waals surface area contributed by atoms with Crippen molar-refractivity contribution in [2.24, 2.45) is 0 Å². The fourth-order valence-corrected chi connectivity index (χ4v) is 6.07. The van der Waals surface area contributed by atoms with E-state index in [1.165, 1.54) is 12.1 Å². The van der Waals surface area contributed by atoms with Gasteiger partial charge in [0, 0.05) is 10.0 Å². The van der Waals surface area contributed by atoms with Gasteiger partial charge < -0.3 is 0 Å². The van der Waals surface area contributed by atoms with Crippen LogP contribution in [0.15, 0.2) is 71.6 Å². The zero-order valence-electron chi connectivity index (χ0n) is 13.1. The summed E-state index contributed by atoms with van der Waals surface area (Å²) in [7, 11) is -5.53. The Hall–Kier alpha value is -1.13. The Morgan fingerprint density at radius 1 is 0.692 bits per heavy atom. The number of hydrogen-bond donors (Lipinski definition) is 1. The van der Waals surface area contributed by atoms with E-state index < -0.39 is 18.0 Å². The van der Waals surface area contributed by atoms with Crippen LogP contribution in [0.3, 0.4) is 0 Å². The quantitative estimate of drug-likeness (QED) is 0.470. The van der Waals surface area contributed by atoms with Crippen molar-refractivity contribution >= 4 is 68.8 Å². The number of halogens is 3. The van der Waals surface area contributed by atoms with Gasteiger partial charge in [0.05, 0.1) is 5.02 Å². The largest absolute Gasteiger partial charge is 0.296 e. The van der Waals surface area contributed by atoms with Gasteiger partial charge in [-0.05, 0) is 60.2 Å². The Labute approximate surface area is 168 Å². The van der Waals surface area contributed by atoms with Crippen LogP contribution in [0, 0.1) is 0 Å². The van der Waals surface area contributed by atoms with Crippen molar-refractivity contribution in [1.29, 1.82) is 0 Å². The lowest BCUT2D eigenvalue weighted by molar-refractivity contribution is 0.483. The first kappa shape index (κ1) is 19.6. The predicted octanol–water partition coefficient (Wildman–Crippen LogP) is 4.65. The Kier molecular flexibility index (Phi) is 5.93. The van der Waals surface area contributed by atoms with Crippen LogP contribution in [0.25, 0.3) is 0 Å². The zero-order chi connectivity index (χ0) is 18.9. The van der Waals surface area contributed by atoms with E-state index in [0.717, 1.165) is 15.9 Å². The Balaban J connectivity index is 2.21. The van der Waals surface area contributed by atoms with Crippen LogP contribution in [0.2, 0.25) is 15.1 Å². The predicted molar refractivity (Wildman–Crippen MR) is 110 cm³/mol. The van der Waals surface area contributed by atoms with Crippen LogP contribution in [0.4, 0.5) is 0 Å². The first-order valence-corrected chi connectivity index (χ1v) is 11.3. The van der Waals surface area contributed by atoms with Gasteiger partial charge in [0.2, 0.25) is 0 Å². The summed E-state index contributed by atoms with van der Waals surface area (Å²) in [6, 6.07) is 19.3. The monoisotopic (exact) mass is 444 g/mol. The third kappa shape index (κ3) is 4.40. The van der Waals surface area contributed by atoms with Gasteiger partial charge in [-0.25, -0.2) is 0 Å². The molecule has 3 aromatic carbocycles. The molecule has 3 rings (SSSR count). The fourth-order valence-electron chi connectivity index (χ4n) is 2.46. The molecule has 0 saturated heterocycles. The highest BCUT2D eigenvalue weighted by molar-refractivity contribution is 7.86. The molecule has 8 heteroatoms. The van der Waals surface area contributed by atoms with Crippen LogP contribution in [-0.2, 0) is 10.1 Å². The van der Waals surface area contributed by atoms with Crippen LogP contribution >= 0.6 is 42.7 Å². The van der Waals surface area contributed by atoms with E-state index in [9.17, 15) is 13.0 Å². The lowest BCUT2D eigenvalue weighted by atomic mass is 10.3. The maximum Gasteiger partial charge on any atom is 0.296 e. The fraction of sp³-hybridized carbons (Fsp3) is 0. The molecular weight excluding hydrogens is 434 g/mol. The second kappa shape index (κ2) is 7.85.